The molecule has 1 atom stereocenters. The fraction of sp³-hybridized carbons (Fsp3) is 0.235. The quantitative estimate of drug-likeness (QED) is 0.816. The van der Waals surface area contributed by atoms with Gasteiger partial charge in [-0.1, -0.05) is 18.2 Å². The zero-order chi connectivity index (χ0) is 15.5. The van der Waals surface area contributed by atoms with Crippen molar-refractivity contribution in [3.8, 4) is 0 Å². The summed E-state index contributed by atoms with van der Waals surface area (Å²) in [5.74, 6) is -0.380. The summed E-state index contributed by atoms with van der Waals surface area (Å²) in [6.45, 7) is 0.482. The molecule has 1 aromatic heterocycles. The number of esters is 1. The summed E-state index contributed by atoms with van der Waals surface area (Å²) in [7, 11) is 1.38. The van der Waals surface area contributed by atoms with E-state index < -0.39 is 0 Å². The standard InChI is InChI=1S/C17H16N2O3/c1-22-16(20)10-13-11-19(15-5-3-2-4-14(13)15)17(21)12-6-8-18-9-7-12/h2-9,13H,10-11H2,1H3. The van der Waals surface area contributed by atoms with E-state index in [1.54, 1.807) is 29.4 Å². The van der Waals surface area contributed by atoms with Gasteiger partial charge in [0, 0.05) is 36.1 Å². The van der Waals surface area contributed by atoms with Crippen LogP contribution in [-0.4, -0.2) is 30.5 Å². The number of nitrogens with zero attached hydrogens (tertiary/aromatic N) is 2. The third-order valence-electron chi connectivity index (χ3n) is 3.88. The number of rotatable bonds is 3. The first-order valence-corrected chi connectivity index (χ1v) is 7.08. The van der Waals surface area contributed by atoms with Crippen LogP contribution in [-0.2, 0) is 9.53 Å². The van der Waals surface area contributed by atoms with Crippen molar-refractivity contribution in [2.45, 2.75) is 12.3 Å². The Kier molecular flexibility index (Phi) is 3.87. The molecule has 0 N–H and O–H groups in total. The molecule has 1 aromatic carbocycles. The Morgan fingerprint density at radius 3 is 2.68 bits per heavy atom. The van der Waals surface area contributed by atoms with E-state index in [4.69, 9.17) is 4.74 Å². The third-order valence-corrected chi connectivity index (χ3v) is 3.88. The molecule has 3 rings (SSSR count). The van der Waals surface area contributed by atoms with E-state index in [1.807, 2.05) is 24.3 Å². The van der Waals surface area contributed by atoms with Crippen LogP contribution < -0.4 is 4.90 Å². The van der Waals surface area contributed by atoms with E-state index in [0.29, 0.717) is 12.1 Å². The molecule has 1 amide bonds. The molecule has 1 unspecified atom stereocenters. The number of carbonyl (C=O) groups is 2. The van der Waals surface area contributed by atoms with Crippen LogP contribution in [0.15, 0.2) is 48.8 Å². The number of carbonyl (C=O) groups excluding carboxylic acids is 2. The van der Waals surface area contributed by atoms with Crippen molar-refractivity contribution in [1.29, 1.82) is 0 Å². The van der Waals surface area contributed by atoms with E-state index in [0.717, 1.165) is 11.3 Å². The van der Waals surface area contributed by atoms with Crippen LogP contribution in [0.3, 0.4) is 0 Å². The summed E-state index contributed by atoms with van der Waals surface area (Å²) >= 11 is 0. The molecule has 0 aliphatic carbocycles. The van der Waals surface area contributed by atoms with Gasteiger partial charge in [-0.05, 0) is 23.8 Å². The van der Waals surface area contributed by atoms with E-state index in [1.165, 1.54) is 7.11 Å². The van der Waals surface area contributed by atoms with Crippen molar-refractivity contribution in [2.24, 2.45) is 0 Å². The lowest BCUT2D eigenvalue weighted by Gasteiger charge is -2.17. The van der Waals surface area contributed by atoms with Gasteiger partial charge in [0.1, 0.15) is 0 Å². The van der Waals surface area contributed by atoms with Crippen LogP contribution >= 0.6 is 0 Å². The second kappa shape index (κ2) is 5.97. The summed E-state index contributed by atoms with van der Waals surface area (Å²) in [4.78, 5) is 29.9. The fourth-order valence-electron chi connectivity index (χ4n) is 2.80. The lowest BCUT2D eigenvalue weighted by Crippen LogP contribution is -2.30. The first-order chi connectivity index (χ1) is 10.7. The molecular formula is C17H16N2O3. The molecule has 1 aliphatic rings. The number of amides is 1. The first-order valence-electron chi connectivity index (χ1n) is 7.08. The SMILES string of the molecule is COC(=O)CC1CN(C(=O)c2ccncc2)c2ccccc21. The molecule has 2 aromatic rings. The van der Waals surface area contributed by atoms with Crippen LogP contribution in [0.4, 0.5) is 5.69 Å². The number of benzene rings is 1. The maximum Gasteiger partial charge on any atom is 0.306 e. The lowest BCUT2D eigenvalue weighted by molar-refractivity contribution is -0.141. The summed E-state index contributed by atoms with van der Waals surface area (Å²) in [6.07, 6.45) is 3.47. The van der Waals surface area contributed by atoms with Crippen LogP contribution in [0.2, 0.25) is 0 Å². The summed E-state index contributed by atoms with van der Waals surface area (Å²) in [5, 5.41) is 0. The van der Waals surface area contributed by atoms with Crippen LogP contribution in [0.25, 0.3) is 0 Å². The lowest BCUT2D eigenvalue weighted by atomic mass is 9.98. The average molecular weight is 296 g/mol. The van der Waals surface area contributed by atoms with Crippen LogP contribution in [0.5, 0.6) is 0 Å². The number of hydrogen-bond acceptors (Lipinski definition) is 4. The molecule has 22 heavy (non-hydrogen) atoms. The number of hydrogen-bond donors (Lipinski definition) is 0. The monoisotopic (exact) mass is 296 g/mol. The van der Waals surface area contributed by atoms with Gasteiger partial charge in [-0.15, -0.1) is 0 Å². The van der Waals surface area contributed by atoms with Gasteiger partial charge in [0.2, 0.25) is 0 Å². The Morgan fingerprint density at radius 2 is 1.95 bits per heavy atom. The highest BCUT2D eigenvalue weighted by Crippen LogP contribution is 2.38. The van der Waals surface area contributed by atoms with E-state index in [-0.39, 0.29) is 24.2 Å². The third kappa shape index (κ3) is 2.57. The molecule has 1 aliphatic heterocycles. The molecule has 5 nitrogen and oxygen atoms in total. The molecule has 5 heteroatoms. The van der Waals surface area contributed by atoms with Gasteiger partial charge in [-0.3, -0.25) is 14.6 Å². The van der Waals surface area contributed by atoms with Crippen molar-refractivity contribution in [2.75, 3.05) is 18.6 Å². The van der Waals surface area contributed by atoms with Crippen molar-refractivity contribution in [3.05, 3.63) is 59.9 Å². The van der Waals surface area contributed by atoms with Gasteiger partial charge >= 0.3 is 5.97 Å². The number of fused-ring (bicyclic) bond motifs is 1. The van der Waals surface area contributed by atoms with Gasteiger partial charge in [0.25, 0.3) is 5.91 Å². The molecule has 0 radical (unpaired) electrons. The molecule has 2 heterocycles. The van der Waals surface area contributed by atoms with Gasteiger partial charge in [-0.25, -0.2) is 0 Å². The molecule has 112 valence electrons. The van der Waals surface area contributed by atoms with Crippen LogP contribution in [0.1, 0.15) is 28.3 Å². The predicted molar refractivity (Wildman–Crippen MR) is 81.7 cm³/mol. The number of pyridine rings is 1. The number of anilines is 1. The Morgan fingerprint density at radius 1 is 1.23 bits per heavy atom. The van der Waals surface area contributed by atoms with Crippen LogP contribution in [0, 0.1) is 0 Å². The number of aromatic nitrogens is 1. The molecule has 0 bridgehead atoms. The number of methoxy groups -OCH3 is 1. The van der Waals surface area contributed by atoms with Crippen molar-refractivity contribution < 1.29 is 14.3 Å². The highest BCUT2D eigenvalue weighted by Gasteiger charge is 2.33. The Labute approximate surface area is 128 Å². The smallest absolute Gasteiger partial charge is 0.306 e. The van der Waals surface area contributed by atoms with Gasteiger partial charge in [0.15, 0.2) is 0 Å². The molecule has 0 saturated heterocycles. The minimum Gasteiger partial charge on any atom is -0.469 e. The Hall–Kier alpha value is -2.69. The average Bonchev–Trinajstić information content (AvgIpc) is 2.93. The number of ether oxygens (including phenoxy) is 1. The molecular weight excluding hydrogens is 280 g/mol. The summed E-state index contributed by atoms with van der Waals surface area (Å²) in [5.41, 5.74) is 2.46. The van der Waals surface area contributed by atoms with Gasteiger partial charge in [0.05, 0.1) is 13.5 Å². The normalized spacial score (nSPS) is 16.2. The molecule has 0 fully saturated rings. The number of para-hydroxylation sites is 1. The maximum atomic E-state index is 12.7. The minimum atomic E-state index is -0.266. The first kappa shape index (κ1) is 14.3. The van der Waals surface area contributed by atoms with Gasteiger partial charge < -0.3 is 9.64 Å². The van der Waals surface area contributed by atoms with Crippen molar-refractivity contribution in [1.82, 2.24) is 4.98 Å². The highest BCUT2D eigenvalue weighted by atomic mass is 16.5. The molecule has 0 saturated carbocycles. The second-order valence-corrected chi connectivity index (χ2v) is 5.19. The highest BCUT2D eigenvalue weighted by molar-refractivity contribution is 6.07. The Balaban J connectivity index is 1.91. The Bertz CT molecular complexity index is 700. The molecule has 0 spiro atoms. The predicted octanol–water partition coefficient (Wildman–Crippen LogP) is 2.39. The van der Waals surface area contributed by atoms with Gasteiger partial charge in [-0.2, -0.15) is 0 Å². The van der Waals surface area contributed by atoms with Crippen molar-refractivity contribution >= 4 is 17.6 Å². The van der Waals surface area contributed by atoms with E-state index >= 15 is 0 Å². The minimum absolute atomic E-state index is 0.0329. The largest absolute Gasteiger partial charge is 0.469 e. The van der Waals surface area contributed by atoms with E-state index in [9.17, 15) is 9.59 Å². The topological polar surface area (TPSA) is 59.5 Å². The zero-order valence-corrected chi connectivity index (χ0v) is 12.2. The second-order valence-electron chi connectivity index (χ2n) is 5.19. The van der Waals surface area contributed by atoms with E-state index in [2.05, 4.69) is 4.98 Å². The maximum absolute atomic E-state index is 12.7. The summed E-state index contributed by atoms with van der Waals surface area (Å²) < 4.78 is 4.76. The fourth-order valence-corrected chi connectivity index (χ4v) is 2.80. The van der Waals surface area contributed by atoms with Crippen molar-refractivity contribution in [3.63, 3.8) is 0 Å². The zero-order valence-electron chi connectivity index (χ0n) is 12.2. The summed E-state index contributed by atoms with van der Waals surface area (Å²) in [6, 6.07) is 11.1.